The number of anilines is 3. The van der Waals surface area contributed by atoms with Crippen molar-refractivity contribution < 1.29 is 8.83 Å². The van der Waals surface area contributed by atoms with Crippen LogP contribution in [0.15, 0.2) is 185 Å². The third-order valence-electron chi connectivity index (χ3n) is 9.66. The van der Waals surface area contributed by atoms with Crippen LogP contribution in [0.25, 0.3) is 76.9 Å². The van der Waals surface area contributed by atoms with Gasteiger partial charge in [0.25, 0.3) is 0 Å². The molecule has 3 nitrogen and oxygen atoms in total. The Morgan fingerprint density at radius 3 is 1.90 bits per heavy atom. The molecule has 49 heavy (non-hydrogen) atoms. The first kappa shape index (κ1) is 27.5. The van der Waals surface area contributed by atoms with Gasteiger partial charge in [-0.2, -0.15) is 0 Å². The first-order chi connectivity index (χ1) is 24.3. The maximum absolute atomic E-state index is 6.94. The summed E-state index contributed by atoms with van der Waals surface area (Å²) in [6, 6.07) is 61.9. The highest BCUT2D eigenvalue weighted by atomic mass is 16.3. The number of hydrogen-bond donors (Lipinski definition) is 0. The van der Waals surface area contributed by atoms with Crippen molar-refractivity contribution in [2.45, 2.75) is 0 Å². The van der Waals surface area contributed by atoms with E-state index in [1.807, 2.05) is 24.3 Å². The summed E-state index contributed by atoms with van der Waals surface area (Å²) in [5, 5.41) is 6.78. The normalized spacial score (nSPS) is 11.7. The SMILES string of the molecule is c1ccc(-c2cccc3c2oc2c(N(c4ccc(-c5ccc6ccccc6c5)cc4)c4cccc5oc6ccccc6c45)cccc23)cc1. The number of hydrogen-bond acceptors (Lipinski definition) is 3. The second kappa shape index (κ2) is 11.0. The van der Waals surface area contributed by atoms with Crippen molar-refractivity contribution in [3.05, 3.63) is 176 Å². The molecule has 0 amide bonds. The molecular formula is C46H29NO2. The summed E-state index contributed by atoms with van der Waals surface area (Å²) in [5.74, 6) is 0. The van der Waals surface area contributed by atoms with Gasteiger partial charge >= 0.3 is 0 Å². The predicted molar refractivity (Wildman–Crippen MR) is 204 cm³/mol. The van der Waals surface area contributed by atoms with Gasteiger partial charge in [-0.3, -0.25) is 0 Å². The van der Waals surface area contributed by atoms with E-state index in [0.717, 1.165) is 77.6 Å². The van der Waals surface area contributed by atoms with Crippen LogP contribution < -0.4 is 4.90 Å². The Kier molecular flexibility index (Phi) is 6.18. The van der Waals surface area contributed by atoms with Crippen molar-refractivity contribution in [3.8, 4) is 22.3 Å². The summed E-state index contributed by atoms with van der Waals surface area (Å²) in [6.07, 6.45) is 0. The van der Waals surface area contributed by atoms with E-state index in [0.29, 0.717) is 0 Å². The maximum atomic E-state index is 6.94. The van der Waals surface area contributed by atoms with Gasteiger partial charge < -0.3 is 13.7 Å². The van der Waals surface area contributed by atoms with Crippen LogP contribution in [0.3, 0.4) is 0 Å². The van der Waals surface area contributed by atoms with Crippen molar-refractivity contribution in [1.29, 1.82) is 0 Å². The Morgan fingerprint density at radius 1 is 0.367 bits per heavy atom. The molecule has 0 aliphatic heterocycles. The van der Waals surface area contributed by atoms with Crippen molar-refractivity contribution in [2.24, 2.45) is 0 Å². The van der Waals surface area contributed by atoms with E-state index in [9.17, 15) is 0 Å². The van der Waals surface area contributed by atoms with E-state index < -0.39 is 0 Å². The summed E-state index contributed by atoms with van der Waals surface area (Å²) in [5.41, 5.74) is 11.0. The van der Waals surface area contributed by atoms with Crippen LogP contribution in [-0.4, -0.2) is 0 Å². The van der Waals surface area contributed by atoms with Gasteiger partial charge in [0.1, 0.15) is 16.7 Å². The highest BCUT2D eigenvalue weighted by molar-refractivity contribution is 6.17. The molecule has 10 rings (SSSR count). The summed E-state index contributed by atoms with van der Waals surface area (Å²) in [7, 11) is 0. The molecule has 0 saturated heterocycles. The summed E-state index contributed by atoms with van der Waals surface area (Å²) in [6.45, 7) is 0. The second-order valence-corrected chi connectivity index (χ2v) is 12.5. The number of nitrogens with zero attached hydrogens (tertiary/aromatic N) is 1. The summed E-state index contributed by atoms with van der Waals surface area (Å²) < 4.78 is 13.3. The minimum Gasteiger partial charge on any atom is -0.456 e. The summed E-state index contributed by atoms with van der Waals surface area (Å²) in [4.78, 5) is 2.32. The zero-order chi connectivity index (χ0) is 32.3. The Bertz CT molecular complexity index is 2830. The largest absolute Gasteiger partial charge is 0.456 e. The molecule has 0 spiro atoms. The molecule has 8 aromatic carbocycles. The van der Waals surface area contributed by atoms with Crippen molar-refractivity contribution >= 4 is 71.7 Å². The lowest BCUT2D eigenvalue weighted by atomic mass is 10.0. The van der Waals surface area contributed by atoms with Crippen LogP contribution >= 0.6 is 0 Å². The molecule has 0 bridgehead atoms. The van der Waals surface area contributed by atoms with Gasteiger partial charge in [0.2, 0.25) is 0 Å². The van der Waals surface area contributed by atoms with Gasteiger partial charge in [0, 0.05) is 27.4 Å². The molecule has 0 saturated carbocycles. The molecule has 0 radical (unpaired) electrons. The topological polar surface area (TPSA) is 29.5 Å². The van der Waals surface area contributed by atoms with E-state index in [1.165, 1.54) is 16.3 Å². The predicted octanol–water partition coefficient (Wildman–Crippen LogP) is 13.4. The lowest BCUT2D eigenvalue weighted by Crippen LogP contribution is -2.10. The van der Waals surface area contributed by atoms with E-state index in [4.69, 9.17) is 8.83 Å². The molecule has 0 aliphatic rings. The van der Waals surface area contributed by atoms with Crippen LogP contribution in [0.1, 0.15) is 0 Å². The van der Waals surface area contributed by atoms with Gasteiger partial charge in [0.15, 0.2) is 5.58 Å². The third-order valence-corrected chi connectivity index (χ3v) is 9.66. The molecule has 0 aliphatic carbocycles. The molecule has 2 heterocycles. The van der Waals surface area contributed by atoms with E-state index in [-0.39, 0.29) is 0 Å². The third kappa shape index (κ3) is 4.44. The lowest BCUT2D eigenvalue weighted by Gasteiger charge is -2.26. The zero-order valence-electron chi connectivity index (χ0n) is 26.5. The molecule has 3 heteroatoms. The van der Waals surface area contributed by atoms with Crippen LogP contribution in [-0.2, 0) is 0 Å². The second-order valence-electron chi connectivity index (χ2n) is 12.5. The Balaban J connectivity index is 1.21. The quantitative estimate of drug-likeness (QED) is 0.190. The molecular weight excluding hydrogens is 599 g/mol. The monoisotopic (exact) mass is 627 g/mol. The fourth-order valence-electron chi connectivity index (χ4n) is 7.35. The molecule has 230 valence electrons. The molecule has 2 aromatic heterocycles. The minimum atomic E-state index is 0.837. The van der Waals surface area contributed by atoms with E-state index in [1.54, 1.807) is 0 Å². The highest BCUT2D eigenvalue weighted by Gasteiger charge is 2.23. The van der Waals surface area contributed by atoms with Gasteiger partial charge in [0.05, 0.1) is 16.8 Å². The van der Waals surface area contributed by atoms with E-state index >= 15 is 0 Å². The minimum absolute atomic E-state index is 0.837. The fourth-order valence-corrected chi connectivity index (χ4v) is 7.35. The van der Waals surface area contributed by atoms with Crippen molar-refractivity contribution in [1.82, 2.24) is 0 Å². The summed E-state index contributed by atoms with van der Waals surface area (Å²) >= 11 is 0. The van der Waals surface area contributed by atoms with Gasteiger partial charge in [-0.1, -0.05) is 133 Å². The van der Waals surface area contributed by atoms with Gasteiger partial charge in [-0.15, -0.1) is 0 Å². The number of furan rings is 2. The maximum Gasteiger partial charge on any atom is 0.159 e. The van der Waals surface area contributed by atoms with E-state index in [2.05, 4.69) is 157 Å². The first-order valence-corrected chi connectivity index (χ1v) is 16.6. The number of benzene rings is 8. The highest BCUT2D eigenvalue weighted by Crippen LogP contribution is 2.47. The molecule has 0 atom stereocenters. The Labute approximate surface area is 282 Å². The van der Waals surface area contributed by atoms with Crippen molar-refractivity contribution in [3.63, 3.8) is 0 Å². The lowest BCUT2D eigenvalue weighted by molar-refractivity contribution is 0.668. The Morgan fingerprint density at radius 2 is 1.02 bits per heavy atom. The van der Waals surface area contributed by atoms with Gasteiger partial charge in [-0.05, 0) is 69.9 Å². The molecule has 0 fully saturated rings. The van der Waals surface area contributed by atoms with Crippen molar-refractivity contribution in [2.75, 3.05) is 4.90 Å². The molecule has 0 unspecified atom stereocenters. The standard InChI is InChI=1S/C46H29NO2/c1-2-12-32(13-3-1)36-16-8-17-37-38-18-9-20-41(46(38)49-45(36)37)47(40-19-10-22-43-44(40)39-15-6-7-21-42(39)48-43)35-27-25-31(26-28-35)34-24-23-30-11-4-5-14-33(30)29-34/h1-29H. The van der Waals surface area contributed by atoms with Crippen LogP contribution in [0.4, 0.5) is 17.1 Å². The fraction of sp³-hybridized carbons (Fsp3) is 0. The number of fused-ring (bicyclic) bond motifs is 7. The zero-order valence-corrected chi connectivity index (χ0v) is 26.5. The van der Waals surface area contributed by atoms with Crippen LogP contribution in [0, 0.1) is 0 Å². The number of para-hydroxylation sites is 3. The smallest absolute Gasteiger partial charge is 0.159 e. The van der Waals surface area contributed by atoms with Crippen LogP contribution in [0.5, 0.6) is 0 Å². The van der Waals surface area contributed by atoms with Crippen LogP contribution in [0.2, 0.25) is 0 Å². The number of rotatable bonds is 5. The first-order valence-electron chi connectivity index (χ1n) is 16.6. The average Bonchev–Trinajstić information content (AvgIpc) is 3.75. The Hall–Kier alpha value is -6.58. The molecule has 0 N–H and O–H groups in total. The van der Waals surface area contributed by atoms with Gasteiger partial charge in [-0.25, -0.2) is 0 Å². The average molecular weight is 628 g/mol. The molecule has 10 aromatic rings.